The van der Waals surface area contributed by atoms with Crippen molar-refractivity contribution in [1.82, 2.24) is 5.32 Å². The average Bonchev–Trinajstić information content (AvgIpc) is 2.81. The highest BCUT2D eigenvalue weighted by Crippen LogP contribution is 2.24. The molecule has 1 amide bonds. The number of halogens is 1. The van der Waals surface area contributed by atoms with Crippen LogP contribution < -0.4 is 10.1 Å². The Hall–Kier alpha value is -1.07. The molecule has 0 bridgehead atoms. The Kier molecular flexibility index (Phi) is 4.82. The summed E-state index contributed by atoms with van der Waals surface area (Å²) in [5, 5.41) is 2.95. The Morgan fingerprint density at radius 1 is 1.58 bits per heavy atom. The van der Waals surface area contributed by atoms with Crippen LogP contribution in [-0.2, 0) is 4.74 Å². The first-order chi connectivity index (χ1) is 9.11. The zero-order valence-electron chi connectivity index (χ0n) is 11.1. The number of methoxy groups -OCH3 is 1. The van der Waals surface area contributed by atoms with Crippen molar-refractivity contribution < 1.29 is 14.3 Å². The van der Waals surface area contributed by atoms with Crippen LogP contribution in [-0.4, -0.2) is 32.3 Å². The quantitative estimate of drug-likeness (QED) is 0.924. The third-order valence-electron chi connectivity index (χ3n) is 3.47. The molecule has 1 aliphatic rings. The summed E-state index contributed by atoms with van der Waals surface area (Å²) in [5.74, 6) is 0.858. The predicted octanol–water partition coefficient (Wildman–Crippen LogP) is 2.61. The van der Waals surface area contributed by atoms with E-state index < -0.39 is 0 Å². The van der Waals surface area contributed by atoms with E-state index in [1.54, 1.807) is 19.2 Å². The SMILES string of the molecule is COc1cc(Br)ccc1C(=O)NCC1CCOC1C. The van der Waals surface area contributed by atoms with Crippen molar-refractivity contribution in [2.24, 2.45) is 5.92 Å². The maximum atomic E-state index is 12.2. The maximum Gasteiger partial charge on any atom is 0.255 e. The van der Waals surface area contributed by atoms with E-state index >= 15 is 0 Å². The Bertz CT molecular complexity index is 464. The number of hydrogen-bond acceptors (Lipinski definition) is 3. The van der Waals surface area contributed by atoms with Gasteiger partial charge in [0.15, 0.2) is 0 Å². The number of ether oxygens (including phenoxy) is 2. The van der Waals surface area contributed by atoms with Crippen molar-refractivity contribution in [3.63, 3.8) is 0 Å². The first-order valence-corrected chi connectivity index (χ1v) is 7.14. The highest BCUT2D eigenvalue weighted by molar-refractivity contribution is 9.10. The monoisotopic (exact) mass is 327 g/mol. The fourth-order valence-electron chi connectivity index (χ4n) is 2.22. The van der Waals surface area contributed by atoms with Crippen LogP contribution in [0, 0.1) is 5.92 Å². The van der Waals surface area contributed by atoms with Gasteiger partial charge in [-0.15, -0.1) is 0 Å². The van der Waals surface area contributed by atoms with Crippen molar-refractivity contribution in [3.8, 4) is 5.75 Å². The van der Waals surface area contributed by atoms with Gasteiger partial charge in [-0.2, -0.15) is 0 Å². The smallest absolute Gasteiger partial charge is 0.255 e. The lowest BCUT2D eigenvalue weighted by Gasteiger charge is -2.15. The van der Waals surface area contributed by atoms with E-state index in [-0.39, 0.29) is 12.0 Å². The van der Waals surface area contributed by atoms with Crippen LogP contribution in [0.15, 0.2) is 22.7 Å². The molecule has 0 spiro atoms. The van der Waals surface area contributed by atoms with Crippen molar-refractivity contribution in [2.45, 2.75) is 19.4 Å². The minimum Gasteiger partial charge on any atom is -0.496 e. The van der Waals surface area contributed by atoms with Crippen LogP contribution in [0.4, 0.5) is 0 Å². The number of nitrogens with one attached hydrogen (secondary N) is 1. The molecule has 2 atom stereocenters. The second kappa shape index (κ2) is 6.39. The van der Waals surface area contributed by atoms with E-state index in [0.29, 0.717) is 23.8 Å². The lowest BCUT2D eigenvalue weighted by Crippen LogP contribution is -2.32. The van der Waals surface area contributed by atoms with Crippen molar-refractivity contribution in [3.05, 3.63) is 28.2 Å². The fourth-order valence-corrected chi connectivity index (χ4v) is 2.56. The molecule has 1 fully saturated rings. The van der Waals surface area contributed by atoms with Gasteiger partial charge in [-0.05, 0) is 31.5 Å². The molecule has 104 valence electrons. The second-order valence-electron chi connectivity index (χ2n) is 4.68. The molecular formula is C14H18BrNO3. The molecule has 0 saturated carbocycles. The molecule has 19 heavy (non-hydrogen) atoms. The van der Waals surface area contributed by atoms with Gasteiger partial charge < -0.3 is 14.8 Å². The molecule has 4 nitrogen and oxygen atoms in total. The molecule has 1 heterocycles. The van der Waals surface area contributed by atoms with Gasteiger partial charge >= 0.3 is 0 Å². The average molecular weight is 328 g/mol. The van der Waals surface area contributed by atoms with E-state index in [2.05, 4.69) is 21.2 Å². The van der Waals surface area contributed by atoms with Crippen molar-refractivity contribution >= 4 is 21.8 Å². The third kappa shape index (κ3) is 3.48. The van der Waals surface area contributed by atoms with Crippen LogP contribution in [0.2, 0.25) is 0 Å². The van der Waals surface area contributed by atoms with Gasteiger partial charge in [-0.1, -0.05) is 15.9 Å². The highest BCUT2D eigenvalue weighted by atomic mass is 79.9. The van der Waals surface area contributed by atoms with Crippen molar-refractivity contribution in [2.75, 3.05) is 20.3 Å². The van der Waals surface area contributed by atoms with E-state index in [1.165, 1.54) is 0 Å². The summed E-state index contributed by atoms with van der Waals surface area (Å²) >= 11 is 3.36. The summed E-state index contributed by atoms with van der Waals surface area (Å²) < 4.78 is 11.6. The first kappa shape index (κ1) is 14.3. The van der Waals surface area contributed by atoms with Gasteiger partial charge in [0.25, 0.3) is 5.91 Å². The van der Waals surface area contributed by atoms with Gasteiger partial charge in [0.05, 0.1) is 18.8 Å². The van der Waals surface area contributed by atoms with Crippen molar-refractivity contribution in [1.29, 1.82) is 0 Å². The van der Waals surface area contributed by atoms with Crippen LogP contribution in [0.3, 0.4) is 0 Å². The van der Waals surface area contributed by atoms with E-state index in [1.807, 2.05) is 13.0 Å². The van der Waals surface area contributed by atoms with Gasteiger partial charge in [0, 0.05) is 23.5 Å². The summed E-state index contributed by atoms with van der Waals surface area (Å²) in [7, 11) is 1.56. The van der Waals surface area contributed by atoms with Gasteiger partial charge in [0.2, 0.25) is 0 Å². The standard InChI is InChI=1S/C14H18BrNO3/c1-9-10(5-6-19-9)8-16-14(17)12-4-3-11(15)7-13(12)18-2/h3-4,7,9-10H,5-6,8H2,1-2H3,(H,16,17). The topological polar surface area (TPSA) is 47.6 Å². The molecule has 1 saturated heterocycles. The lowest BCUT2D eigenvalue weighted by atomic mass is 10.0. The van der Waals surface area contributed by atoms with Crippen LogP contribution in [0.5, 0.6) is 5.75 Å². The van der Waals surface area contributed by atoms with Crippen LogP contribution >= 0.6 is 15.9 Å². The Morgan fingerprint density at radius 2 is 2.37 bits per heavy atom. The summed E-state index contributed by atoms with van der Waals surface area (Å²) in [5.41, 5.74) is 0.553. The molecule has 1 N–H and O–H groups in total. The Balaban J connectivity index is 1.99. The highest BCUT2D eigenvalue weighted by Gasteiger charge is 2.25. The van der Waals surface area contributed by atoms with Crippen LogP contribution in [0.1, 0.15) is 23.7 Å². The first-order valence-electron chi connectivity index (χ1n) is 6.35. The molecule has 0 radical (unpaired) electrons. The molecule has 1 aliphatic heterocycles. The Morgan fingerprint density at radius 3 is 3.00 bits per heavy atom. The van der Waals surface area contributed by atoms with Gasteiger partial charge in [0.1, 0.15) is 5.75 Å². The maximum absolute atomic E-state index is 12.2. The lowest BCUT2D eigenvalue weighted by molar-refractivity contribution is 0.0905. The van der Waals surface area contributed by atoms with E-state index in [4.69, 9.17) is 9.47 Å². The molecule has 5 heteroatoms. The number of benzene rings is 1. The Labute approximate surface area is 121 Å². The summed E-state index contributed by atoms with van der Waals surface area (Å²) in [6.07, 6.45) is 1.21. The zero-order valence-corrected chi connectivity index (χ0v) is 12.7. The van der Waals surface area contributed by atoms with E-state index in [0.717, 1.165) is 17.5 Å². The molecule has 0 aromatic heterocycles. The second-order valence-corrected chi connectivity index (χ2v) is 5.59. The largest absolute Gasteiger partial charge is 0.496 e. The number of rotatable bonds is 4. The number of carbonyl (C=O) groups excluding carboxylic acids is 1. The normalized spacial score (nSPS) is 22.3. The predicted molar refractivity (Wildman–Crippen MR) is 76.5 cm³/mol. The third-order valence-corrected chi connectivity index (χ3v) is 3.96. The molecule has 2 rings (SSSR count). The number of amides is 1. The minimum atomic E-state index is -0.108. The van der Waals surface area contributed by atoms with Crippen LogP contribution in [0.25, 0.3) is 0 Å². The molecular weight excluding hydrogens is 310 g/mol. The molecule has 2 unspecified atom stereocenters. The molecule has 0 aliphatic carbocycles. The zero-order chi connectivity index (χ0) is 13.8. The number of carbonyl (C=O) groups is 1. The number of hydrogen-bond donors (Lipinski definition) is 1. The van der Waals surface area contributed by atoms with Gasteiger partial charge in [-0.3, -0.25) is 4.79 Å². The summed E-state index contributed by atoms with van der Waals surface area (Å²) in [6.45, 7) is 3.46. The van der Waals surface area contributed by atoms with Gasteiger partial charge in [-0.25, -0.2) is 0 Å². The molecule has 1 aromatic carbocycles. The summed E-state index contributed by atoms with van der Waals surface area (Å²) in [6, 6.07) is 5.38. The summed E-state index contributed by atoms with van der Waals surface area (Å²) in [4.78, 5) is 12.2. The molecule has 1 aromatic rings. The van der Waals surface area contributed by atoms with E-state index in [9.17, 15) is 4.79 Å². The minimum absolute atomic E-state index is 0.108. The fraction of sp³-hybridized carbons (Fsp3) is 0.500.